The Hall–Kier alpha value is -2.65. The van der Waals surface area contributed by atoms with Gasteiger partial charge >= 0.3 is 5.97 Å². The molecule has 0 aliphatic heterocycles. The first-order chi connectivity index (χ1) is 13.4. The molecule has 0 bridgehead atoms. The van der Waals surface area contributed by atoms with Gasteiger partial charge in [-0.25, -0.2) is 4.79 Å². The summed E-state index contributed by atoms with van der Waals surface area (Å²) in [7, 11) is 3.18. The van der Waals surface area contributed by atoms with E-state index in [2.05, 4.69) is 15.5 Å². The van der Waals surface area contributed by atoms with Gasteiger partial charge < -0.3 is 14.6 Å². The minimum Gasteiger partial charge on any atom is -0.465 e. The number of methoxy groups -OCH3 is 1. The number of benzene rings is 1. The van der Waals surface area contributed by atoms with Crippen molar-refractivity contribution in [1.82, 2.24) is 14.8 Å². The molecule has 28 heavy (non-hydrogen) atoms. The molecule has 0 saturated carbocycles. The Labute approximate surface area is 171 Å². The highest BCUT2D eigenvalue weighted by atomic mass is 32.2. The van der Waals surface area contributed by atoms with E-state index >= 15 is 0 Å². The third kappa shape index (κ3) is 4.26. The topological polar surface area (TPSA) is 86.1 Å². The highest BCUT2D eigenvalue weighted by molar-refractivity contribution is 7.99. The SMILES string of the molecule is COC(=O)c1c(-c2ccc(C)cc2)csc1NC(=O)CSc1nnc(C)n1C. The molecule has 3 rings (SSSR count). The van der Waals surface area contributed by atoms with Gasteiger partial charge in [0.15, 0.2) is 5.16 Å². The lowest BCUT2D eigenvalue weighted by Crippen LogP contribution is -2.16. The lowest BCUT2D eigenvalue weighted by Gasteiger charge is -2.08. The van der Waals surface area contributed by atoms with E-state index in [0.717, 1.165) is 22.5 Å². The van der Waals surface area contributed by atoms with Gasteiger partial charge in [0.1, 0.15) is 16.4 Å². The van der Waals surface area contributed by atoms with E-state index in [-0.39, 0.29) is 11.7 Å². The van der Waals surface area contributed by atoms with Gasteiger partial charge in [-0.15, -0.1) is 21.5 Å². The standard InChI is InChI=1S/C19H20N4O3S2/c1-11-5-7-13(8-6-11)14-9-27-17(16(14)18(25)26-4)20-15(24)10-28-19-22-21-12(2)23(19)3/h5-9H,10H2,1-4H3,(H,20,24). The number of anilines is 1. The first-order valence-corrected chi connectivity index (χ1v) is 10.3. The van der Waals surface area contributed by atoms with Gasteiger partial charge in [0, 0.05) is 18.0 Å². The molecule has 2 heterocycles. The summed E-state index contributed by atoms with van der Waals surface area (Å²) < 4.78 is 6.76. The van der Waals surface area contributed by atoms with Crippen molar-refractivity contribution in [3.8, 4) is 11.1 Å². The lowest BCUT2D eigenvalue weighted by molar-refractivity contribution is -0.113. The van der Waals surface area contributed by atoms with E-state index in [4.69, 9.17) is 4.74 Å². The quantitative estimate of drug-likeness (QED) is 0.487. The molecule has 0 spiro atoms. The summed E-state index contributed by atoms with van der Waals surface area (Å²) >= 11 is 2.59. The smallest absolute Gasteiger partial charge is 0.341 e. The zero-order chi connectivity index (χ0) is 20.3. The Balaban J connectivity index is 1.79. The van der Waals surface area contributed by atoms with Crippen LogP contribution in [0, 0.1) is 13.8 Å². The van der Waals surface area contributed by atoms with Gasteiger partial charge in [-0.1, -0.05) is 41.6 Å². The fraction of sp³-hybridized carbons (Fsp3) is 0.263. The van der Waals surface area contributed by atoms with Crippen LogP contribution in [0.2, 0.25) is 0 Å². The maximum Gasteiger partial charge on any atom is 0.341 e. The fourth-order valence-corrected chi connectivity index (χ4v) is 4.24. The van der Waals surface area contributed by atoms with Gasteiger partial charge in [-0.2, -0.15) is 0 Å². The average molecular weight is 417 g/mol. The van der Waals surface area contributed by atoms with Crippen molar-refractivity contribution in [2.75, 3.05) is 18.2 Å². The number of hydrogen-bond acceptors (Lipinski definition) is 7. The number of rotatable bonds is 6. The molecule has 0 aliphatic carbocycles. The van der Waals surface area contributed by atoms with Gasteiger partial charge in [0.05, 0.1) is 12.9 Å². The van der Waals surface area contributed by atoms with Crippen molar-refractivity contribution in [3.05, 3.63) is 46.6 Å². The number of aryl methyl sites for hydroxylation is 2. The first-order valence-electron chi connectivity index (χ1n) is 8.46. The minimum absolute atomic E-state index is 0.157. The Bertz CT molecular complexity index is 1010. The first kappa shape index (κ1) is 20.1. The van der Waals surface area contributed by atoms with Crippen molar-refractivity contribution >= 4 is 40.0 Å². The Morgan fingerprint density at radius 2 is 1.93 bits per heavy atom. The number of thiophene rings is 1. The van der Waals surface area contributed by atoms with Crippen molar-refractivity contribution in [2.45, 2.75) is 19.0 Å². The number of nitrogens with one attached hydrogen (secondary N) is 1. The predicted molar refractivity (Wildman–Crippen MR) is 111 cm³/mol. The lowest BCUT2D eigenvalue weighted by atomic mass is 10.0. The van der Waals surface area contributed by atoms with Crippen LogP contribution < -0.4 is 5.32 Å². The second-order valence-corrected chi connectivity index (χ2v) is 7.96. The van der Waals surface area contributed by atoms with Crippen molar-refractivity contribution in [3.63, 3.8) is 0 Å². The Morgan fingerprint density at radius 3 is 2.54 bits per heavy atom. The zero-order valence-electron chi connectivity index (χ0n) is 16.0. The third-order valence-electron chi connectivity index (χ3n) is 4.18. The summed E-state index contributed by atoms with van der Waals surface area (Å²) in [6.07, 6.45) is 0. The molecule has 9 heteroatoms. The van der Waals surface area contributed by atoms with Gasteiger partial charge in [-0.05, 0) is 19.4 Å². The Morgan fingerprint density at radius 1 is 1.21 bits per heavy atom. The summed E-state index contributed by atoms with van der Waals surface area (Å²) in [5.41, 5.74) is 3.13. The Kier molecular flexibility index (Phi) is 6.15. The van der Waals surface area contributed by atoms with Crippen molar-refractivity contribution < 1.29 is 14.3 Å². The fourth-order valence-electron chi connectivity index (χ4n) is 2.51. The maximum absolute atomic E-state index is 12.4. The van der Waals surface area contributed by atoms with Crippen LogP contribution in [0.4, 0.5) is 5.00 Å². The second-order valence-electron chi connectivity index (χ2n) is 6.14. The average Bonchev–Trinajstić information content (AvgIpc) is 3.24. The summed E-state index contributed by atoms with van der Waals surface area (Å²) in [4.78, 5) is 24.8. The van der Waals surface area contributed by atoms with E-state index < -0.39 is 5.97 Å². The molecule has 0 aliphatic rings. The molecule has 0 atom stereocenters. The van der Waals surface area contributed by atoms with E-state index in [0.29, 0.717) is 15.7 Å². The molecule has 1 aromatic carbocycles. The summed E-state index contributed by atoms with van der Waals surface area (Å²) in [5.74, 6) is 0.221. The molecule has 0 unspecified atom stereocenters. The molecular formula is C19H20N4O3S2. The maximum atomic E-state index is 12.4. The number of hydrogen-bond donors (Lipinski definition) is 1. The van der Waals surface area contributed by atoms with Crippen LogP contribution in [0.1, 0.15) is 21.7 Å². The number of aromatic nitrogens is 3. The largest absolute Gasteiger partial charge is 0.465 e. The number of thioether (sulfide) groups is 1. The van der Waals surface area contributed by atoms with E-state index in [1.54, 1.807) is 0 Å². The highest BCUT2D eigenvalue weighted by Gasteiger charge is 2.22. The second kappa shape index (κ2) is 8.57. The van der Waals surface area contributed by atoms with Crippen molar-refractivity contribution in [2.24, 2.45) is 7.05 Å². The molecule has 0 saturated heterocycles. The van der Waals surface area contributed by atoms with Crippen LogP contribution in [-0.2, 0) is 16.6 Å². The number of carbonyl (C=O) groups excluding carboxylic acids is 2. The third-order valence-corrected chi connectivity index (χ3v) is 6.10. The van der Waals surface area contributed by atoms with Crippen LogP contribution in [0.5, 0.6) is 0 Å². The molecule has 7 nitrogen and oxygen atoms in total. The van der Waals surface area contributed by atoms with E-state index in [1.807, 2.05) is 55.1 Å². The van der Waals surface area contributed by atoms with Crippen LogP contribution in [-0.4, -0.2) is 39.5 Å². The van der Waals surface area contributed by atoms with Crippen LogP contribution >= 0.6 is 23.1 Å². The normalized spacial score (nSPS) is 10.7. The molecule has 146 valence electrons. The van der Waals surface area contributed by atoms with Gasteiger partial charge in [0.2, 0.25) is 5.91 Å². The molecular weight excluding hydrogens is 396 g/mol. The van der Waals surface area contributed by atoms with Crippen LogP contribution in [0.25, 0.3) is 11.1 Å². The molecule has 1 N–H and O–H groups in total. The number of nitrogens with zero attached hydrogens (tertiary/aromatic N) is 3. The monoisotopic (exact) mass is 416 g/mol. The van der Waals surface area contributed by atoms with Crippen LogP contribution in [0.3, 0.4) is 0 Å². The van der Waals surface area contributed by atoms with Gasteiger partial charge in [-0.3, -0.25) is 4.79 Å². The number of amides is 1. The minimum atomic E-state index is -0.483. The summed E-state index contributed by atoms with van der Waals surface area (Å²) in [5, 5.41) is 13.8. The van der Waals surface area contributed by atoms with Crippen LogP contribution in [0.15, 0.2) is 34.8 Å². The zero-order valence-corrected chi connectivity index (χ0v) is 17.6. The molecule has 0 fully saturated rings. The number of esters is 1. The molecule has 2 aromatic heterocycles. The molecule has 0 radical (unpaired) electrons. The highest BCUT2D eigenvalue weighted by Crippen LogP contribution is 2.36. The van der Waals surface area contributed by atoms with Crippen molar-refractivity contribution in [1.29, 1.82) is 0 Å². The number of carbonyl (C=O) groups is 2. The molecule has 3 aromatic rings. The summed E-state index contributed by atoms with van der Waals surface area (Å²) in [6.45, 7) is 3.85. The summed E-state index contributed by atoms with van der Waals surface area (Å²) in [6, 6.07) is 7.85. The molecule has 1 amide bonds. The van der Waals surface area contributed by atoms with Gasteiger partial charge in [0.25, 0.3) is 0 Å². The number of ether oxygens (including phenoxy) is 1. The van der Waals surface area contributed by atoms with E-state index in [9.17, 15) is 9.59 Å². The predicted octanol–water partition coefficient (Wildman–Crippen LogP) is 3.68. The van der Waals surface area contributed by atoms with E-state index in [1.165, 1.54) is 30.2 Å².